The van der Waals surface area contributed by atoms with Gasteiger partial charge in [-0.1, -0.05) is 54.6 Å². The van der Waals surface area contributed by atoms with Crippen LogP contribution in [0.3, 0.4) is 0 Å². The number of benzene rings is 3. The van der Waals surface area contributed by atoms with Crippen LogP contribution in [0.5, 0.6) is 0 Å². The van der Waals surface area contributed by atoms with Gasteiger partial charge in [-0.2, -0.15) is 0 Å². The number of Topliss-reactive ketones (excluding diaryl/α,β-unsaturated/α-hetero) is 1. The number of aromatic nitrogens is 1. The van der Waals surface area contributed by atoms with Gasteiger partial charge in [0.15, 0.2) is 5.78 Å². The topological polar surface area (TPSA) is 53.2 Å². The Morgan fingerprint density at radius 1 is 0.968 bits per heavy atom. The Morgan fingerprint density at radius 3 is 2.68 bits per heavy atom. The molecule has 1 aromatic heterocycles. The third-order valence-corrected chi connectivity index (χ3v) is 6.46. The quantitative estimate of drug-likeness (QED) is 0.449. The smallest absolute Gasteiger partial charge is 0.222 e. The van der Waals surface area contributed by atoms with Crippen LogP contribution < -0.4 is 0 Å². The molecular formula is C27H26N2O2. The molecule has 1 fully saturated rings. The molecule has 0 saturated carbocycles. The highest BCUT2D eigenvalue weighted by atomic mass is 16.2. The van der Waals surface area contributed by atoms with Crippen LogP contribution in [0.25, 0.3) is 21.7 Å². The summed E-state index contributed by atoms with van der Waals surface area (Å²) in [6, 6.07) is 22.2. The summed E-state index contributed by atoms with van der Waals surface area (Å²) >= 11 is 0. The Morgan fingerprint density at radius 2 is 1.77 bits per heavy atom. The van der Waals surface area contributed by atoms with E-state index in [9.17, 15) is 9.59 Å². The number of piperidine rings is 1. The molecular weight excluding hydrogens is 384 g/mol. The molecule has 3 aromatic carbocycles. The van der Waals surface area contributed by atoms with Crippen LogP contribution in [0.4, 0.5) is 0 Å². The first-order valence-electron chi connectivity index (χ1n) is 11.0. The van der Waals surface area contributed by atoms with Crippen molar-refractivity contribution in [3.05, 3.63) is 84.1 Å². The van der Waals surface area contributed by atoms with Crippen molar-refractivity contribution in [1.29, 1.82) is 0 Å². The van der Waals surface area contributed by atoms with E-state index in [-0.39, 0.29) is 17.6 Å². The van der Waals surface area contributed by atoms with Crippen LogP contribution in [-0.4, -0.2) is 34.7 Å². The highest BCUT2D eigenvalue weighted by molar-refractivity contribution is 6.01. The van der Waals surface area contributed by atoms with Gasteiger partial charge < -0.3 is 9.88 Å². The Bertz CT molecular complexity index is 1260. The van der Waals surface area contributed by atoms with Crippen LogP contribution in [0.15, 0.2) is 72.9 Å². The lowest BCUT2D eigenvalue weighted by atomic mass is 9.89. The van der Waals surface area contributed by atoms with Crippen LogP contribution in [0, 0.1) is 5.92 Å². The fourth-order valence-electron chi connectivity index (χ4n) is 4.73. The van der Waals surface area contributed by atoms with Crippen molar-refractivity contribution in [2.75, 3.05) is 13.1 Å². The predicted octanol–water partition coefficient (Wildman–Crippen LogP) is 5.38. The van der Waals surface area contributed by atoms with Crippen LogP contribution in [0.1, 0.15) is 35.2 Å². The molecule has 5 rings (SSSR count). The van der Waals surface area contributed by atoms with E-state index in [1.165, 1.54) is 10.9 Å². The normalized spacial score (nSPS) is 16.6. The second-order valence-corrected chi connectivity index (χ2v) is 8.46. The second-order valence-electron chi connectivity index (χ2n) is 8.46. The number of hydrogen-bond donors (Lipinski definition) is 1. The van der Waals surface area contributed by atoms with E-state index in [0.29, 0.717) is 19.4 Å². The van der Waals surface area contributed by atoms with Crippen molar-refractivity contribution in [3.8, 4) is 0 Å². The van der Waals surface area contributed by atoms with E-state index in [2.05, 4.69) is 17.1 Å². The predicted molar refractivity (Wildman–Crippen MR) is 124 cm³/mol. The molecule has 0 spiro atoms. The number of fused-ring (bicyclic) bond motifs is 2. The Hall–Kier alpha value is -3.40. The van der Waals surface area contributed by atoms with E-state index >= 15 is 0 Å². The number of carbonyl (C=O) groups excluding carboxylic acids is 2. The minimum atomic E-state index is -0.119. The number of carbonyl (C=O) groups is 2. The molecule has 1 N–H and O–H groups in total. The van der Waals surface area contributed by atoms with E-state index in [1.54, 1.807) is 0 Å². The highest BCUT2D eigenvalue weighted by Gasteiger charge is 2.29. The van der Waals surface area contributed by atoms with Gasteiger partial charge >= 0.3 is 0 Å². The lowest BCUT2D eigenvalue weighted by Crippen LogP contribution is -2.42. The molecule has 1 aliphatic heterocycles. The van der Waals surface area contributed by atoms with Crippen molar-refractivity contribution in [1.82, 2.24) is 9.88 Å². The summed E-state index contributed by atoms with van der Waals surface area (Å²) < 4.78 is 0. The van der Waals surface area contributed by atoms with Crippen molar-refractivity contribution >= 4 is 33.4 Å². The lowest BCUT2D eigenvalue weighted by Gasteiger charge is -2.32. The van der Waals surface area contributed by atoms with Crippen LogP contribution in [0.2, 0.25) is 0 Å². The summed E-state index contributed by atoms with van der Waals surface area (Å²) in [5.74, 6) is 0.174. The maximum Gasteiger partial charge on any atom is 0.222 e. The molecule has 0 radical (unpaired) electrons. The SMILES string of the molecule is O=C(c1ccc2ccccc2c1)[C@H]1CCCN(C(=O)CCc2c[nH]c3ccccc23)C1. The van der Waals surface area contributed by atoms with Crippen molar-refractivity contribution in [3.63, 3.8) is 0 Å². The molecule has 156 valence electrons. The van der Waals surface area contributed by atoms with Gasteiger partial charge in [0, 0.05) is 48.1 Å². The first-order chi connectivity index (χ1) is 15.2. The molecule has 0 aliphatic carbocycles. The van der Waals surface area contributed by atoms with Crippen molar-refractivity contribution in [2.45, 2.75) is 25.7 Å². The third kappa shape index (κ3) is 3.98. The number of para-hydroxylation sites is 1. The van der Waals surface area contributed by atoms with E-state index in [0.717, 1.165) is 41.2 Å². The maximum atomic E-state index is 13.2. The Balaban J connectivity index is 1.24. The van der Waals surface area contributed by atoms with Gasteiger partial charge in [0.25, 0.3) is 0 Å². The van der Waals surface area contributed by atoms with Crippen LogP contribution >= 0.6 is 0 Å². The van der Waals surface area contributed by atoms with Gasteiger partial charge in [0.1, 0.15) is 0 Å². The first-order valence-corrected chi connectivity index (χ1v) is 11.0. The number of likely N-dealkylation sites (tertiary alicyclic amines) is 1. The van der Waals surface area contributed by atoms with Crippen LogP contribution in [-0.2, 0) is 11.2 Å². The third-order valence-electron chi connectivity index (χ3n) is 6.46. The average Bonchev–Trinajstić information content (AvgIpc) is 3.25. The molecule has 2 heterocycles. The monoisotopic (exact) mass is 410 g/mol. The number of ketones is 1. The van der Waals surface area contributed by atoms with E-state index in [4.69, 9.17) is 0 Å². The Kier molecular flexibility index (Phi) is 5.29. The Labute approximate surface area is 181 Å². The molecule has 1 aliphatic rings. The molecule has 4 aromatic rings. The molecule has 31 heavy (non-hydrogen) atoms. The largest absolute Gasteiger partial charge is 0.361 e. The number of amides is 1. The van der Waals surface area contributed by atoms with E-state index < -0.39 is 0 Å². The number of hydrogen-bond acceptors (Lipinski definition) is 2. The average molecular weight is 411 g/mol. The summed E-state index contributed by atoms with van der Waals surface area (Å²) in [7, 11) is 0. The molecule has 4 heteroatoms. The summed E-state index contributed by atoms with van der Waals surface area (Å²) in [6.07, 6.45) is 4.91. The standard InChI is InChI=1S/C27H26N2O2/c30-26(14-13-22-17-28-25-10-4-3-9-24(22)25)29-15-5-8-23(18-29)27(31)21-12-11-19-6-1-2-7-20(19)16-21/h1-4,6-7,9-12,16-17,23,28H,5,8,13-15,18H2/t23-/m0/s1. The first kappa shape index (κ1) is 19.6. The van der Waals surface area contributed by atoms with Gasteiger partial charge in [-0.3, -0.25) is 9.59 Å². The fourth-order valence-corrected chi connectivity index (χ4v) is 4.73. The number of nitrogens with one attached hydrogen (secondary N) is 1. The molecule has 0 bridgehead atoms. The van der Waals surface area contributed by atoms with E-state index in [1.807, 2.05) is 65.7 Å². The number of aryl methyl sites for hydroxylation is 1. The zero-order chi connectivity index (χ0) is 21.2. The maximum absolute atomic E-state index is 13.2. The van der Waals surface area contributed by atoms with Gasteiger partial charge in [0.2, 0.25) is 5.91 Å². The summed E-state index contributed by atoms with van der Waals surface area (Å²) in [5, 5.41) is 3.39. The van der Waals surface area contributed by atoms with Gasteiger partial charge in [-0.15, -0.1) is 0 Å². The molecule has 1 amide bonds. The molecule has 1 atom stereocenters. The number of nitrogens with zero attached hydrogens (tertiary/aromatic N) is 1. The molecule has 1 saturated heterocycles. The molecule has 0 unspecified atom stereocenters. The lowest BCUT2D eigenvalue weighted by molar-refractivity contribution is -0.132. The molecule has 4 nitrogen and oxygen atoms in total. The fraction of sp³-hybridized carbons (Fsp3) is 0.259. The van der Waals surface area contributed by atoms with Gasteiger partial charge in [-0.25, -0.2) is 0 Å². The zero-order valence-corrected chi connectivity index (χ0v) is 17.5. The minimum absolute atomic E-state index is 0.119. The summed E-state index contributed by atoms with van der Waals surface area (Å²) in [6.45, 7) is 1.27. The zero-order valence-electron chi connectivity index (χ0n) is 17.5. The van der Waals surface area contributed by atoms with Gasteiger partial charge in [0.05, 0.1) is 0 Å². The summed E-state index contributed by atoms with van der Waals surface area (Å²) in [4.78, 5) is 31.2. The number of rotatable bonds is 5. The van der Waals surface area contributed by atoms with Crippen molar-refractivity contribution in [2.24, 2.45) is 5.92 Å². The minimum Gasteiger partial charge on any atom is -0.361 e. The summed E-state index contributed by atoms with van der Waals surface area (Å²) in [5.41, 5.74) is 3.02. The van der Waals surface area contributed by atoms with Gasteiger partial charge in [-0.05, 0) is 47.7 Å². The number of H-pyrrole nitrogens is 1. The van der Waals surface area contributed by atoms with Crippen molar-refractivity contribution < 1.29 is 9.59 Å². The highest BCUT2D eigenvalue weighted by Crippen LogP contribution is 2.25. The number of aromatic amines is 1. The second kappa shape index (κ2) is 8.38.